The Morgan fingerprint density at radius 3 is 2.55 bits per heavy atom. The molecule has 0 radical (unpaired) electrons. The van der Waals surface area contributed by atoms with Crippen LogP contribution in [0.5, 0.6) is 11.5 Å². The number of hydrogen-bond donors (Lipinski definition) is 1. The Hall–Kier alpha value is -2.63. The van der Waals surface area contributed by atoms with Crippen LogP contribution in [0.15, 0.2) is 36.7 Å². The minimum Gasteiger partial charge on any atom is -0.451 e. The van der Waals surface area contributed by atoms with Crippen molar-refractivity contribution < 1.29 is 13.5 Å². The molecule has 20 heavy (non-hydrogen) atoms. The highest BCUT2D eigenvalue weighted by Gasteiger charge is 2.13. The number of aromatic nitrogens is 2. The van der Waals surface area contributed by atoms with E-state index < -0.39 is 17.4 Å². The first-order valence-electron chi connectivity index (χ1n) is 5.88. The molecule has 3 rings (SSSR count). The van der Waals surface area contributed by atoms with E-state index in [1.807, 2.05) is 11.6 Å². The average molecular weight is 275 g/mol. The highest BCUT2D eigenvalue weighted by Crippen LogP contribution is 2.30. The van der Waals surface area contributed by atoms with Crippen LogP contribution in [-0.2, 0) is 7.05 Å². The van der Waals surface area contributed by atoms with E-state index >= 15 is 0 Å². The Bertz CT molecular complexity index is 775. The van der Waals surface area contributed by atoms with E-state index in [1.165, 1.54) is 0 Å². The van der Waals surface area contributed by atoms with E-state index in [-0.39, 0.29) is 5.69 Å². The van der Waals surface area contributed by atoms with Gasteiger partial charge in [-0.15, -0.1) is 0 Å². The first kappa shape index (κ1) is 12.4. The molecule has 0 bridgehead atoms. The molecule has 1 heterocycles. The van der Waals surface area contributed by atoms with E-state index in [9.17, 15) is 8.78 Å². The van der Waals surface area contributed by atoms with Crippen LogP contribution in [0.25, 0.3) is 11.0 Å². The molecule has 0 fully saturated rings. The summed E-state index contributed by atoms with van der Waals surface area (Å²) in [6.07, 6.45) is 1.65. The van der Waals surface area contributed by atoms with E-state index in [0.717, 1.165) is 17.6 Å². The molecule has 0 aliphatic carbocycles. The molecule has 2 N–H and O–H groups in total. The number of halogens is 2. The molecule has 1 aromatic heterocycles. The maximum absolute atomic E-state index is 13.7. The highest BCUT2D eigenvalue weighted by atomic mass is 19.1. The van der Waals surface area contributed by atoms with Gasteiger partial charge in [0.2, 0.25) is 0 Å². The van der Waals surface area contributed by atoms with Crippen LogP contribution in [0.1, 0.15) is 0 Å². The van der Waals surface area contributed by atoms with Gasteiger partial charge in [0.05, 0.1) is 17.4 Å². The van der Waals surface area contributed by atoms with Crippen molar-refractivity contribution in [3.8, 4) is 11.5 Å². The van der Waals surface area contributed by atoms with Gasteiger partial charge in [-0.05, 0) is 12.1 Å². The van der Waals surface area contributed by atoms with Crippen LogP contribution in [0.3, 0.4) is 0 Å². The topological polar surface area (TPSA) is 53.1 Å². The second-order valence-corrected chi connectivity index (χ2v) is 4.42. The number of imidazole rings is 1. The largest absolute Gasteiger partial charge is 0.451 e. The molecule has 2 aromatic carbocycles. The lowest BCUT2D eigenvalue weighted by Gasteiger charge is -2.08. The zero-order valence-electron chi connectivity index (χ0n) is 10.6. The summed E-state index contributed by atoms with van der Waals surface area (Å²) in [5.74, 6) is -1.86. The molecular formula is C14H11F2N3O. The van der Waals surface area contributed by atoms with Crippen molar-refractivity contribution in [2.75, 3.05) is 5.73 Å². The molecule has 0 atom stereocenters. The molecule has 0 saturated heterocycles. The lowest BCUT2D eigenvalue weighted by Crippen LogP contribution is -1.96. The van der Waals surface area contributed by atoms with E-state index in [4.69, 9.17) is 10.5 Å². The summed E-state index contributed by atoms with van der Waals surface area (Å²) in [5.41, 5.74) is 6.94. The van der Waals surface area contributed by atoms with E-state index in [1.54, 1.807) is 24.5 Å². The Balaban J connectivity index is 2.01. The number of anilines is 1. The second kappa shape index (κ2) is 4.48. The summed E-state index contributed by atoms with van der Waals surface area (Å²) < 4.78 is 34.4. The summed E-state index contributed by atoms with van der Waals surface area (Å²) in [6.45, 7) is 0. The highest BCUT2D eigenvalue weighted by molar-refractivity contribution is 5.77. The Morgan fingerprint density at radius 2 is 1.85 bits per heavy atom. The van der Waals surface area contributed by atoms with Crippen LogP contribution in [-0.4, -0.2) is 9.55 Å². The number of nitrogen functional groups attached to an aromatic ring is 1. The van der Waals surface area contributed by atoms with Crippen LogP contribution < -0.4 is 10.5 Å². The van der Waals surface area contributed by atoms with Crippen molar-refractivity contribution in [2.24, 2.45) is 7.05 Å². The molecule has 0 amide bonds. The fourth-order valence-corrected chi connectivity index (χ4v) is 1.97. The molecular weight excluding hydrogens is 264 g/mol. The van der Waals surface area contributed by atoms with Crippen LogP contribution >= 0.6 is 0 Å². The lowest BCUT2D eigenvalue weighted by molar-refractivity contribution is 0.408. The van der Waals surface area contributed by atoms with Crippen molar-refractivity contribution in [3.63, 3.8) is 0 Å². The number of hydrogen-bond acceptors (Lipinski definition) is 3. The molecule has 0 saturated carbocycles. The van der Waals surface area contributed by atoms with Crippen LogP contribution in [0.4, 0.5) is 14.5 Å². The number of fused-ring (bicyclic) bond motifs is 1. The number of aryl methyl sites for hydroxylation is 1. The normalized spacial score (nSPS) is 10.9. The average Bonchev–Trinajstić information content (AvgIpc) is 2.75. The molecule has 3 aromatic rings. The van der Waals surface area contributed by atoms with Gasteiger partial charge in [0.15, 0.2) is 17.4 Å². The van der Waals surface area contributed by atoms with Crippen molar-refractivity contribution in [1.29, 1.82) is 0 Å². The minimum absolute atomic E-state index is 0.00697. The van der Waals surface area contributed by atoms with Crippen LogP contribution in [0, 0.1) is 11.6 Å². The third kappa shape index (κ3) is 2.05. The third-order valence-corrected chi connectivity index (χ3v) is 2.94. The quantitative estimate of drug-likeness (QED) is 0.730. The van der Waals surface area contributed by atoms with Crippen LogP contribution in [0.2, 0.25) is 0 Å². The van der Waals surface area contributed by atoms with Crippen molar-refractivity contribution in [1.82, 2.24) is 9.55 Å². The standard InChI is InChI=1S/C14H11F2N3O/c1-19-7-18-12-6-9(2-3-13(12)19)20-14-10(15)4-8(17)5-11(14)16/h2-7H,17H2,1H3. The Labute approximate surface area is 113 Å². The van der Waals surface area contributed by atoms with Gasteiger partial charge < -0.3 is 15.0 Å². The molecule has 6 heteroatoms. The molecule has 4 nitrogen and oxygen atoms in total. The zero-order valence-corrected chi connectivity index (χ0v) is 10.6. The van der Waals surface area contributed by atoms with Crippen molar-refractivity contribution >= 4 is 16.7 Å². The summed E-state index contributed by atoms with van der Waals surface area (Å²) in [6, 6.07) is 7.03. The number of ether oxygens (including phenoxy) is 1. The van der Waals surface area contributed by atoms with Gasteiger partial charge in [0.1, 0.15) is 5.75 Å². The van der Waals surface area contributed by atoms with Gasteiger partial charge in [-0.25, -0.2) is 13.8 Å². The monoisotopic (exact) mass is 275 g/mol. The van der Waals surface area contributed by atoms with Gasteiger partial charge in [-0.2, -0.15) is 0 Å². The molecule has 0 aliphatic rings. The lowest BCUT2D eigenvalue weighted by atomic mass is 10.2. The van der Waals surface area contributed by atoms with Gasteiger partial charge in [0, 0.05) is 30.9 Å². The van der Waals surface area contributed by atoms with Crippen molar-refractivity contribution in [2.45, 2.75) is 0 Å². The van der Waals surface area contributed by atoms with Crippen molar-refractivity contribution in [3.05, 3.63) is 48.3 Å². The smallest absolute Gasteiger partial charge is 0.198 e. The molecule has 0 aliphatic heterocycles. The maximum atomic E-state index is 13.7. The number of benzene rings is 2. The summed E-state index contributed by atoms with van der Waals surface area (Å²) in [5, 5.41) is 0. The second-order valence-electron chi connectivity index (χ2n) is 4.42. The summed E-state index contributed by atoms with van der Waals surface area (Å²) in [4.78, 5) is 4.15. The Kier molecular flexibility index (Phi) is 2.78. The summed E-state index contributed by atoms with van der Waals surface area (Å²) in [7, 11) is 1.86. The summed E-state index contributed by atoms with van der Waals surface area (Å²) >= 11 is 0. The van der Waals surface area contributed by atoms with Gasteiger partial charge in [-0.3, -0.25) is 0 Å². The van der Waals surface area contributed by atoms with Gasteiger partial charge in [0.25, 0.3) is 0 Å². The molecule has 0 unspecified atom stereocenters. The number of nitrogens with two attached hydrogens (primary N) is 1. The van der Waals surface area contributed by atoms with E-state index in [2.05, 4.69) is 4.98 Å². The fourth-order valence-electron chi connectivity index (χ4n) is 1.97. The zero-order chi connectivity index (χ0) is 14.3. The first-order valence-corrected chi connectivity index (χ1v) is 5.88. The molecule has 0 spiro atoms. The third-order valence-electron chi connectivity index (χ3n) is 2.94. The molecule has 102 valence electrons. The SMILES string of the molecule is Cn1cnc2cc(Oc3c(F)cc(N)cc3F)ccc21. The van der Waals surface area contributed by atoms with Gasteiger partial charge in [-0.1, -0.05) is 0 Å². The Morgan fingerprint density at radius 1 is 1.15 bits per heavy atom. The first-order chi connectivity index (χ1) is 9.54. The predicted molar refractivity (Wildman–Crippen MR) is 71.6 cm³/mol. The maximum Gasteiger partial charge on any atom is 0.198 e. The van der Waals surface area contributed by atoms with Gasteiger partial charge >= 0.3 is 0 Å². The predicted octanol–water partition coefficient (Wildman–Crippen LogP) is 3.23. The fraction of sp³-hybridized carbons (Fsp3) is 0.0714. The number of rotatable bonds is 2. The number of nitrogens with zero attached hydrogens (tertiary/aromatic N) is 2. The minimum atomic E-state index is -0.844. The van der Waals surface area contributed by atoms with E-state index in [0.29, 0.717) is 11.3 Å².